The molecule has 1 fully saturated rings. The van der Waals surface area contributed by atoms with E-state index < -0.39 is 0 Å². The maximum Gasteiger partial charge on any atom is 0.321 e. The van der Waals surface area contributed by atoms with Crippen molar-refractivity contribution in [1.29, 1.82) is 0 Å². The Morgan fingerprint density at radius 1 is 1.09 bits per heavy atom. The Kier molecular flexibility index (Phi) is 7.91. The zero-order chi connectivity index (χ0) is 23.8. The molecule has 1 aliphatic heterocycles. The number of carbonyl (C=O) groups is 1. The molecule has 0 radical (unpaired) electrons. The van der Waals surface area contributed by atoms with E-state index in [1.807, 2.05) is 42.5 Å². The predicted octanol–water partition coefficient (Wildman–Crippen LogP) is 3.67. The average Bonchev–Trinajstić information content (AvgIpc) is 2.87. The van der Waals surface area contributed by atoms with E-state index in [9.17, 15) is 9.90 Å². The van der Waals surface area contributed by atoms with Gasteiger partial charge in [0.05, 0.1) is 12.1 Å². The minimum absolute atomic E-state index is 0.0796. The summed E-state index contributed by atoms with van der Waals surface area (Å²) in [6.45, 7) is 3.72. The number of hydrogen-bond donors (Lipinski definition) is 3. The molecule has 4 rings (SSSR count). The predicted molar refractivity (Wildman–Crippen MR) is 135 cm³/mol. The highest BCUT2D eigenvalue weighted by Gasteiger charge is 2.17. The number of amides is 2. The van der Waals surface area contributed by atoms with Crippen LogP contribution < -0.4 is 10.6 Å². The van der Waals surface area contributed by atoms with E-state index >= 15 is 0 Å². The van der Waals surface area contributed by atoms with Gasteiger partial charge in [0.2, 0.25) is 0 Å². The number of nitrogens with zero attached hydrogens (tertiary/aromatic N) is 4. The van der Waals surface area contributed by atoms with Crippen molar-refractivity contribution in [3.63, 3.8) is 0 Å². The second kappa shape index (κ2) is 11.5. The van der Waals surface area contributed by atoms with Crippen molar-refractivity contribution in [3.8, 4) is 12.3 Å². The Labute approximate surface area is 200 Å². The van der Waals surface area contributed by atoms with Gasteiger partial charge in [0, 0.05) is 42.0 Å². The lowest BCUT2D eigenvalue weighted by Gasteiger charge is -2.30. The number of anilines is 3. The first-order valence-corrected chi connectivity index (χ1v) is 11.6. The molecule has 0 atom stereocenters. The Balaban J connectivity index is 1.48. The number of carbonyl (C=O) groups excluding carboxylic acids is 1. The normalized spacial score (nSPS) is 13.9. The van der Waals surface area contributed by atoms with E-state index in [0.29, 0.717) is 18.1 Å². The number of piperidine rings is 1. The molecular weight excluding hydrogens is 428 g/mol. The zero-order valence-corrected chi connectivity index (χ0v) is 19.2. The van der Waals surface area contributed by atoms with Crippen LogP contribution in [0.1, 0.15) is 24.8 Å². The number of terminal acetylenes is 1. The van der Waals surface area contributed by atoms with Gasteiger partial charge in [-0.25, -0.2) is 14.8 Å². The highest BCUT2D eigenvalue weighted by Crippen LogP contribution is 2.26. The van der Waals surface area contributed by atoms with E-state index in [0.717, 1.165) is 41.8 Å². The molecule has 0 aliphatic carbocycles. The lowest BCUT2D eigenvalue weighted by atomic mass is 10.1. The first-order chi connectivity index (χ1) is 16.7. The molecule has 34 heavy (non-hydrogen) atoms. The maximum absolute atomic E-state index is 13.0. The second-order valence-corrected chi connectivity index (χ2v) is 8.35. The zero-order valence-electron chi connectivity index (χ0n) is 19.2. The van der Waals surface area contributed by atoms with Gasteiger partial charge >= 0.3 is 6.03 Å². The van der Waals surface area contributed by atoms with Gasteiger partial charge in [-0.2, -0.15) is 0 Å². The van der Waals surface area contributed by atoms with Crippen molar-refractivity contribution in [3.05, 3.63) is 54.4 Å². The number of hydrogen-bond acceptors (Lipinski definition) is 6. The number of likely N-dealkylation sites (tertiary alicyclic amines) is 1. The van der Waals surface area contributed by atoms with Gasteiger partial charge in [-0.15, -0.1) is 6.42 Å². The van der Waals surface area contributed by atoms with Gasteiger partial charge in [0.25, 0.3) is 0 Å². The largest absolute Gasteiger partial charge is 0.395 e. The van der Waals surface area contributed by atoms with Crippen molar-refractivity contribution >= 4 is 34.1 Å². The molecule has 0 saturated carbocycles. The van der Waals surface area contributed by atoms with Crippen molar-refractivity contribution < 1.29 is 9.90 Å². The number of urea groups is 1. The van der Waals surface area contributed by atoms with Crippen molar-refractivity contribution in [2.75, 3.05) is 50.0 Å². The van der Waals surface area contributed by atoms with Crippen LogP contribution in [0.3, 0.4) is 0 Å². The molecule has 2 aromatic carbocycles. The van der Waals surface area contributed by atoms with E-state index in [2.05, 4.69) is 31.4 Å². The summed E-state index contributed by atoms with van der Waals surface area (Å²) in [6, 6.07) is 12.8. The number of rotatable bonds is 8. The summed E-state index contributed by atoms with van der Waals surface area (Å²) in [6.07, 6.45) is 10.7. The molecule has 0 spiro atoms. The summed E-state index contributed by atoms with van der Waals surface area (Å²) in [4.78, 5) is 25.7. The van der Waals surface area contributed by atoms with E-state index in [4.69, 9.17) is 6.42 Å². The van der Waals surface area contributed by atoms with Crippen LogP contribution in [0, 0.1) is 12.3 Å². The van der Waals surface area contributed by atoms with Gasteiger partial charge in [0.1, 0.15) is 12.1 Å². The van der Waals surface area contributed by atoms with Crippen LogP contribution in [0.2, 0.25) is 0 Å². The first-order valence-electron chi connectivity index (χ1n) is 11.6. The first kappa shape index (κ1) is 23.5. The second-order valence-electron chi connectivity index (χ2n) is 8.35. The molecule has 0 bridgehead atoms. The highest BCUT2D eigenvalue weighted by molar-refractivity contribution is 5.96. The Bertz CT molecular complexity index is 1170. The van der Waals surface area contributed by atoms with Crippen LogP contribution >= 0.6 is 0 Å². The topological polar surface area (TPSA) is 93.6 Å². The average molecular weight is 459 g/mol. The molecule has 176 valence electrons. The summed E-state index contributed by atoms with van der Waals surface area (Å²) in [5, 5.41) is 16.5. The monoisotopic (exact) mass is 458 g/mol. The number of aliphatic hydroxyl groups excluding tert-OH is 1. The number of fused-ring (bicyclic) bond motifs is 1. The Hall–Kier alpha value is -3.67. The van der Waals surface area contributed by atoms with Crippen LogP contribution in [0.5, 0.6) is 0 Å². The number of aromatic nitrogens is 2. The summed E-state index contributed by atoms with van der Waals surface area (Å²) in [5.74, 6) is 3.25. The fourth-order valence-corrected chi connectivity index (χ4v) is 4.14. The standard InChI is InChI=1S/C26H30N6O2/c1-2-20-7-6-8-21(17-20)29-25-23-18-22(9-10-24(23)27-19-28-25)30-26(34)32(15-16-33)14-13-31-11-4-3-5-12-31/h1,6-10,17-19,33H,3-5,11-16H2,(H,30,34)(H,27,28,29). The lowest BCUT2D eigenvalue weighted by Crippen LogP contribution is -2.43. The van der Waals surface area contributed by atoms with Gasteiger partial charge in [-0.1, -0.05) is 18.4 Å². The third-order valence-electron chi connectivity index (χ3n) is 5.97. The van der Waals surface area contributed by atoms with Gasteiger partial charge in [-0.3, -0.25) is 0 Å². The summed E-state index contributed by atoms with van der Waals surface area (Å²) >= 11 is 0. The van der Waals surface area contributed by atoms with Crippen LogP contribution in [-0.2, 0) is 0 Å². The van der Waals surface area contributed by atoms with Crippen molar-refractivity contribution in [1.82, 2.24) is 19.8 Å². The summed E-state index contributed by atoms with van der Waals surface area (Å²) < 4.78 is 0. The molecular formula is C26H30N6O2. The molecule has 0 unspecified atom stereocenters. The van der Waals surface area contributed by atoms with Gasteiger partial charge < -0.3 is 25.5 Å². The van der Waals surface area contributed by atoms with Crippen LogP contribution in [0.15, 0.2) is 48.8 Å². The fraction of sp³-hybridized carbons (Fsp3) is 0.346. The summed E-state index contributed by atoms with van der Waals surface area (Å²) in [7, 11) is 0. The third-order valence-corrected chi connectivity index (χ3v) is 5.97. The molecule has 8 heteroatoms. The fourth-order valence-electron chi connectivity index (χ4n) is 4.14. The SMILES string of the molecule is C#Cc1cccc(Nc2ncnc3ccc(NC(=O)N(CCO)CCN4CCCCC4)cc23)c1. The van der Waals surface area contributed by atoms with Crippen LogP contribution in [0.25, 0.3) is 10.9 Å². The van der Waals surface area contributed by atoms with Crippen LogP contribution in [-0.4, -0.2) is 70.2 Å². The molecule has 3 aromatic rings. The van der Waals surface area contributed by atoms with Gasteiger partial charge in [0.15, 0.2) is 0 Å². The molecule has 1 aliphatic rings. The van der Waals surface area contributed by atoms with Crippen LogP contribution in [0.4, 0.5) is 22.0 Å². The van der Waals surface area contributed by atoms with E-state index in [1.54, 1.807) is 4.90 Å². The number of aliphatic hydroxyl groups is 1. The molecule has 2 amide bonds. The molecule has 1 saturated heterocycles. The minimum atomic E-state index is -0.238. The quantitative estimate of drug-likeness (QED) is 0.446. The molecule has 2 heterocycles. The minimum Gasteiger partial charge on any atom is -0.395 e. The van der Waals surface area contributed by atoms with E-state index in [-0.39, 0.29) is 19.2 Å². The molecule has 3 N–H and O–H groups in total. The van der Waals surface area contributed by atoms with Crippen molar-refractivity contribution in [2.45, 2.75) is 19.3 Å². The van der Waals surface area contributed by atoms with Crippen molar-refractivity contribution in [2.24, 2.45) is 0 Å². The summed E-state index contributed by atoms with van der Waals surface area (Å²) in [5.41, 5.74) is 2.97. The number of nitrogens with one attached hydrogen (secondary N) is 2. The third kappa shape index (κ3) is 6.01. The lowest BCUT2D eigenvalue weighted by molar-refractivity contribution is 0.164. The smallest absolute Gasteiger partial charge is 0.321 e. The van der Waals surface area contributed by atoms with Gasteiger partial charge in [-0.05, 0) is 62.3 Å². The Morgan fingerprint density at radius 3 is 2.74 bits per heavy atom. The Morgan fingerprint density at radius 2 is 1.94 bits per heavy atom. The highest BCUT2D eigenvalue weighted by atomic mass is 16.3. The molecule has 8 nitrogen and oxygen atoms in total. The van der Waals surface area contributed by atoms with E-state index in [1.165, 1.54) is 25.6 Å². The molecule has 1 aromatic heterocycles. The number of benzene rings is 2. The maximum atomic E-state index is 13.0.